The molecule has 0 spiro atoms. The second-order valence-corrected chi connectivity index (χ2v) is 2.84. The first-order chi connectivity index (χ1) is 5.11. The van der Waals surface area contributed by atoms with Crippen molar-refractivity contribution in [2.75, 3.05) is 13.2 Å². The van der Waals surface area contributed by atoms with Crippen LogP contribution in [0.25, 0.3) is 0 Å². The van der Waals surface area contributed by atoms with Crippen LogP contribution in [0.3, 0.4) is 0 Å². The molecule has 0 rings (SSSR count). The van der Waals surface area contributed by atoms with E-state index >= 15 is 0 Å². The molecule has 0 aliphatic rings. The third-order valence-corrected chi connectivity index (χ3v) is 1.59. The predicted octanol–water partition coefficient (Wildman–Crippen LogP) is -1.28. The quantitative estimate of drug-likeness (QED) is 0.408. The summed E-state index contributed by atoms with van der Waals surface area (Å²) in [7, 11) is 0. The monoisotopic (exact) mass is 164 g/mol. The normalized spacial score (nSPS) is 19.4. The van der Waals surface area contributed by atoms with E-state index in [9.17, 15) is 0 Å². The maximum absolute atomic E-state index is 9.10. The lowest BCUT2D eigenvalue weighted by molar-refractivity contribution is -0.0269. The molecule has 4 N–H and O–H groups in total. The van der Waals surface area contributed by atoms with Crippen molar-refractivity contribution in [3.63, 3.8) is 0 Å². The molecular weight excluding hydrogens is 148 g/mol. The molecule has 3 atom stereocenters. The molecule has 3 unspecified atom stereocenters. The first-order valence-corrected chi connectivity index (χ1v) is 3.69. The molecule has 0 radical (unpaired) electrons. The molecule has 0 bridgehead atoms. The molecule has 11 heavy (non-hydrogen) atoms. The van der Waals surface area contributed by atoms with E-state index in [1.807, 2.05) is 0 Å². The largest absolute Gasteiger partial charge is 0.396 e. The summed E-state index contributed by atoms with van der Waals surface area (Å²) >= 11 is 0. The third kappa shape index (κ3) is 4.31. The lowest BCUT2D eigenvalue weighted by Crippen LogP contribution is -2.31. The Labute approximate surface area is 66.1 Å². The fraction of sp³-hybridized carbons (Fsp3) is 1.00. The SMILES string of the molecule is CC(CO)CC(O)C(O)CO. The predicted molar refractivity (Wildman–Crippen MR) is 40.0 cm³/mol. The van der Waals surface area contributed by atoms with Crippen LogP contribution in [0.15, 0.2) is 0 Å². The molecule has 68 valence electrons. The van der Waals surface area contributed by atoms with Crippen molar-refractivity contribution in [1.82, 2.24) is 0 Å². The molecule has 0 saturated heterocycles. The average molecular weight is 164 g/mol. The highest BCUT2D eigenvalue weighted by atomic mass is 16.4. The minimum atomic E-state index is -1.09. The van der Waals surface area contributed by atoms with Crippen LogP contribution in [0, 0.1) is 5.92 Å². The second kappa shape index (κ2) is 5.49. The minimum absolute atomic E-state index is 0.0186. The van der Waals surface area contributed by atoms with Gasteiger partial charge in [0.25, 0.3) is 0 Å². The Balaban J connectivity index is 3.58. The number of hydrogen-bond acceptors (Lipinski definition) is 4. The Kier molecular flexibility index (Phi) is 5.41. The summed E-state index contributed by atoms with van der Waals surface area (Å²) in [5, 5.41) is 35.0. The molecule has 0 fully saturated rings. The van der Waals surface area contributed by atoms with E-state index in [0.717, 1.165) is 0 Å². The molecule has 0 aromatic rings. The first kappa shape index (κ1) is 10.8. The lowest BCUT2D eigenvalue weighted by atomic mass is 10.0. The Morgan fingerprint density at radius 1 is 1.00 bits per heavy atom. The fourth-order valence-corrected chi connectivity index (χ4v) is 0.766. The van der Waals surface area contributed by atoms with Crippen LogP contribution in [-0.2, 0) is 0 Å². The van der Waals surface area contributed by atoms with Gasteiger partial charge in [-0.2, -0.15) is 0 Å². The van der Waals surface area contributed by atoms with Gasteiger partial charge in [0.15, 0.2) is 0 Å². The highest BCUT2D eigenvalue weighted by Crippen LogP contribution is 2.07. The van der Waals surface area contributed by atoms with Crippen molar-refractivity contribution in [1.29, 1.82) is 0 Å². The summed E-state index contributed by atoms with van der Waals surface area (Å²) in [5.74, 6) is -0.0498. The molecule has 4 heteroatoms. The van der Waals surface area contributed by atoms with Crippen LogP contribution in [0.5, 0.6) is 0 Å². The van der Waals surface area contributed by atoms with Crippen LogP contribution < -0.4 is 0 Å². The lowest BCUT2D eigenvalue weighted by Gasteiger charge is -2.17. The Morgan fingerprint density at radius 2 is 1.55 bits per heavy atom. The Bertz CT molecular complexity index is 96.4. The van der Waals surface area contributed by atoms with Crippen molar-refractivity contribution >= 4 is 0 Å². The van der Waals surface area contributed by atoms with E-state index in [1.165, 1.54) is 0 Å². The highest BCUT2D eigenvalue weighted by molar-refractivity contribution is 4.68. The van der Waals surface area contributed by atoms with Gasteiger partial charge in [-0.3, -0.25) is 0 Å². The van der Waals surface area contributed by atoms with Gasteiger partial charge in [-0.15, -0.1) is 0 Å². The molecule has 4 nitrogen and oxygen atoms in total. The van der Waals surface area contributed by atoms with Crippen molar-refractivity contribution in [2.45, 2.75) is 25.6 Å². The van der Waals surface area contributed by atoms with Crippen LogP contribution in [0.1, 0.15) is 13.3 Å². The molecule has 0 aromatic heterocycles. The van der Waals surface area contributed by atoms with Gasteiger partial charge in [-0.25, -0.2) is 0 Å². The zero-order valence-corrected chi connectivity index (χ0v) is 6.64. The molecule has 0 heterocycles. The van der Waals surface area contributed by atoms with Gasteiger partial charge in [0, 0.05) is 6.61 Å². The average Bonchev–Trinajstić information content (AvgIpc) is 2.02. The molecule has 0 aliphatic carbocycles. The van der Waals surface area contributed by atoms with E-state index in [-0.39, 0.29) is 12.5 Å². The van der Waals surface area contributed by atoms with Gasteiger partial charge < -0.3 is 20.4 Å². The van der Waals surface area contributed by atoms with E-state index in [1.54, 1.807) is 6.92 Å². The molecule has 0 aromatic carbocycles. The zero-order chi connectivity index (χ0) is 8.85. The molecule has 0 saturated carbocycles. The van der Waals surface area contributed by atoms with Gasteiger partial charge in [0.2, 0.25) is 0 Å². The number of rotatable bonds is 5. The fourth-order valence-electron chi connectivity index (χ4n) is 0.766. The van der Waals surface area contributed by atoms with Gasteiger partial charge in [-0.05, 0) is 12.3 Å². The highest BCUT2D eigenvalue weighted by Gasteiger charge is 2.17. The van der Waals surface area contributed by atoms with E-state index in [2.05, 4.69) is 0 Å². The number of aliphatic hydroxyl groups is 4. The van der Waals surface area contributed by atoms with Crippen LogP contribution in [0.4, 0.5) is 0 Å². The standard InChI is InChI=1S/C7H16O4/c1-5(3-8)2-6(10)7(11)4-9/h5-11H,2-4H2,1H3. The van der Waals surface area contributed by atoms with Crippen molar-refractivity contribution in [3.8, 4) is 0 Å². The van der Waals surface area contributed by atoms with Gasteiger partial charge >= 0.3 is 0 Å². The third-order valence-electron chi connectivity index (χ3n) is 1.59. The Hall–Kier alpha value is -0.160. The summed E-state index contributed by atoms with van der Waals surface area (Å²) < 4.78 is 0. The Morgan fingerprint density at radius 3 is 1.91 bits per heavy atom. The van der Waals surface area contributed by atoms with Gasteiger partial charge in [0.05, 0.1) is 12.7 Å². The summed E-state index contributed by atoms with van der Waals surface area (Å²) in [6.07, 6.45) is -1.73. The van der Waals surface area contributed by atoms with Crippen LogP contribution in [-0.4, -0.2) is 45.8 Å². The van der Waals surface area contributed by atoms with E-state index < -0.39 is 18.8 Å². The van der Waals surface area contributed by atoms with Gasteiger partial charge in [0.1, 0.15) is 6.10 Å². The maximum atomic E-state index is 9.10. The van der Waals surface area contributed by atoms with Crippen molar-refractivity contribution < 1.29 is 20.4 Å². The number of hydrogen-bond donors (Lipinski definition) is 4. The van der Waals surface area contributed by atoms with Crippen LogP contribution in [0.2, 0.25) is 0 Å². The summed E-state index contributed by atoms with van der Waals surface area (Å²) in [6, 6.07) is 0. The first-order valence-electron chi connectivity index (χ1n) is 3.69. The summed E-state index contributed by atoms with van der Waals surface area (Å²) in [5.41, 5.74) is 0. The topological polar surface area (TPSA) is 80.9 Å². The molecule has 0 aliphatic heterocycles. The smallest absolute Gasteiger partial charge is 0.103 e. The maximum Gasteiger partial charge on any atom is 0.103 e. The summed E-state index contributed by atoms with van der Waals surface area (Å²) in [4.78, 5) is 0. The zero-order valence-electron chi connectivity index (χ0n) is 6.64. The van der Waals surface area contributed by atoms with E-state index in [4.69, 9.17) is 20.4 Å². The molecule has 0 amide bonds. The number of aliphatic hydroxyl groups excluding tert-OH is 4. The van der Waals surface area contributed by atoms with Crippen molar-refractivity contribution in [3.05, 3.63) is 0 Å². The summed E-state index contributed by atoms with van der Waals surface area (Å²) in [6.45, 7) is 1.29. The molecular formula is C7H16O4. The van der Waals surface area contributed by atoms with E-state index in [0.29, 0.717) is 6.42 Å². The minimum Gasteiger partial charge on any atom is -0.396 e. The van der Waals surface area contributed by atoms with Crippen molar-refractivity contribution in [2.24, 2.45) is 5.92 Å². The second-order valence-electron chi connectivity index (χ2n) is 2.84. The van der Waals surface area contributed by atoms with Gasteiger partial charge in [-0.1, -0.05) is 6.92 Å². The van der Waals surface area contributed by atoms with Crippen LogP contribution >= 0.6 is 0 Å².